The molecule has 0 aromatic carbocycles. The molecule has 0 aliphatic heterocycles. The molecule has 7 heteroatoms. The van der Waals surface area contributed by atoms with Crippen LogP contribution in [-0.2, 0) is 9.59 Å². The van der Waals surface area contributed by atoms with E-state index in [1.807, 2.05) is 19.9 Å². The lowest BCUT2D eigenvalue weighted by atomic mass is 10.2. The van der Waals surface area contributed by atoms with Crippen molar-refractivity contribution in [3.8, 4) is 0 Å². The highest BCUT2D eigenvalue weighted by atomic mass is 33.1. The van der Waals surface area contributed by atoms with E-state index in [-0.39, 0.29) is 10.7 Å². The molecule has 0 spiro atoms. The number of rotatable bonds is 21. The van der Waals surface area contributed by atoms with E-state index in [4.69, 9.17) is 11.5 Å². The van der Waals surface area contributed by atoms with Gasteiger partial charge in [-0.2, -0.15) is 0 Å². The van der Waals surface area contributed by atoms with E-state index in [1.165, 1.54) is 10.8 Å². The van der Waals surface area contributed by atoms with Gasteiger partial charge in [0.1, 0.15) is 6.04 Å². The average Bonchev–Trinajstić information content (AvgIpc) is 2.84. The highest BCUT2D eigenvalue weighted by Gasteiger charge is 2.21. The molecule has 0 radical (unpaired) electrons. The number of allylic oxidation sites excluding steroid dienone is 12. The minimum Gasteiger partial charge on any atom is -0.368 e. The highest BCUT2D eigenvalue weighted by molar-refractivity contribution is 8.77. The van der Waals surface area contributed by atoms with E-state index >= 15 is 0 Å². The summed E-state index contributed by atoms with van der Waals surface area (Å²) in [7, 11) is 3.10. The topological polar surface area (TPSA) is 98.2 Å². The average molecular weight is 534 g/mol. The van der Waals surface area contributed by atoms with Gasteiger partial charge in [-0.3, -0.25) is 9.59 Å². The van der Waals surface area contributed by atoms with E-state index in [1.54, 1.807) is 10.8 Å². The first-order valence-corrected chi connectivity index (χ1v) is 15.1. The SMILES string of the molecule is CC/C=C\C/C=C\C/C=C\C/C=C\C/C=C\C/C=C\CCC(=O)NC(CSSC(C)(C)CN)C(N)=O. The van der Waals surface area contributed by atoms with Gasteiger partial charge < -0.3 is 16.8 Å². The Morgan fingerprint density at radius 3 is 1.67 bits per heavy atom. The van der Waals surface area contributed by atoms with Crippen molar-refractivity contribution >= 4 is 33.4 Å². The molecule has 0 saturated carbocycles. The van der Waals surface area contributed by atoms with Gasteiger partial charge in [-0.05, 0) is 58.8 Å². The molecule has 202 valence electrons. The minimum absolute atomic E-state index is 0.0904. The third kappa shape index (κ3) is 22.5. The van der Waals surface area contributed by atoms with E-state index in [0.29, 0.717) is 25.1 Å². The summed E-state index contributed by atoms with van der Waals surface area (Å²) in [5.41, 5.74) is 11.1. The van der Waals surface area contributed by atoms with Gasteiger partial charge in [0.25, 0.3) is 0 Å². The molecule has 5 nitrogen and oxygen atoms in total. The molecular weight excluding hydrogens is 486 g/mol. The van der Waals surface area contributed by atoms with Gasteiger partial charge in [-0.15, -0.1) is 0 Å². The van der Waals surface area contributed by atoms with Crippen LogP contribution in [0.15, 0.2) is 72.9 Å². The standard InChI is InChI=1S/C29H47N3O2S2/c1-4-5-6-7-8-9-10-11-12-13-14-15-16-17-18-19-20-21-22-23-27(33)32-26(28(31)34)24-35-36-29(2,3)25-30/h5-6,8-9,11-12,14-15,17-18,20-21,26H,4,7,10,13,16,19,22-25,30H2,1-3H3,(H2,31,34)(H,32,33)/b6-5-,9-8-,12-11-,15-14-,18-17-,21-20-. The van der Waals surface area contributed by atoms with Crippen LogP contribution in [0.2, 0.25) is 0 Å². The Kier molecular flexibility index (Phi) is 22.2. The van der Waals surface area contributed by atoms with Crippen LogP contribution in [-0.4, -0.2) is 34.9 Å². The smallest absolute Gasteiger partial charge is 0.240 e. The molecular formula is C29H47N3O2S2. The molecule has 2 amide bonds. The normalized spacial score (nSPS) is 13.9. The predicted molar refractivity (Wildman–Crippen MR) is 162 cm³/mol. The molecule has 0 aromatic heterocycles. The molecule has 0 aromatic rings. The fraction of sp³-hybridized carbons (Fsp3) is 0.517. The van der Waals surface area contributed by atoms with Crippen LogP contribution in [0, 0.1) is 0 Å². The monoisotopic (exact) mass is 533 g/mol. The Labute approximate surface area is 227 Å². The van der Waals surface area contributed by atoms with Crippen molar-refractivity contribution in [1.29, 1.82) is 0 Å². The van der Waals surface area contributed by atoms with E-state index < -0.39 is 11.9 Å². The first-order chi connectivity index (χ1) is 17.3. The summed E-state index contributed by atoms with van der Waals surface area (Å²) in [5, 5.41) is 2.73. The molecule has 36 heavy (non-hydrogen) atoms. The minimum atomic E-state index is -0.672. The number of nitrogens with one attached hydrogen (secondary N) is 1. The van der Waals surface area contributed by atoms with Gasteiger partial charge in [0.05, 0.1) is 0 Å². The second-order valence-corrected chi connectivity index (χ2v) is 11.9. The summed E-state index contributed by atoms with van der Waals surface area (Å²) in [4.78, 5) is 23.8. The molecule has 0 rings (SSSR count). The van der Waals surface area contributed by atoms with E-state index in [0.717, 1.165) is 38.5 Å². The number of hydrogen-bond donors (Lipinski definition) is 3. The van der Waals surface area contributed by atoms with Gasteiger partial charge in [0.2, 0.25) is 11.8 Å². The zero-order valence-corrected chi connectivity index (χ0v) is 24.0. The summed E-state index contributed by atoms with van der Waals surface area (Å²) in [5.74, 6) is -0.257. The second-order valence-electron chi connectivity index (χ2n) is 8.81. The Balaban J connectivity index is 3.92. The molecule has 0 aliphatic carbocycles. The lowest BCUT2D eigenvalue weighted by molar-refractivity contribution is -0.126. The molecule has 0 fully saturated rings. The summed E-state index contributed by atoms with van der Waals surface area (Å²) in [6.45, 7) is 6.75. The molecule has 5 N–H and O–H groups in total. The maximum atomic E-state index is 12.1. The first kappa shape index (κ1) is 34.0. The summed E-state index contributed by atoms with van der Waals surface area (Å²) in [6, 6.07) is -0.672. The van der Waals surface area contributed by atoms with E-state index in [9.17, 15) is 9.59 Å². The van der Waals surface area contributed by atoms with Gasteiger partial charge in [0.15, 0.2) is 0 Å². The van der Waals surface area contributed by atoms with Crippen molar-refractivity contribution in [1.82, 2.24) is 5.32 Å². The molecule has 0 aliphatic rings. The van der Waals surface area contributed by atoms with Crippen LogP contribution in [0.5, 0.6) is 0 Å². The number of primary amides is 1. The number of amides is 2. The third-order valence-electron chi connectivity index (χ3n) is 4.82. The lowest BCUT2D eigenvalue weighted by Crippen LogP contribution is -2.46. The lowest BCUT2D eigenvalue weighted by Gasteiger charge is -2.22. The van der Waals surface area contributed by atoms with Crippen LogP contribution >= 0.6 is 21.6 Å². The summed E-state index contributed by atoms with van der Waals surface area (Å²) in [6.07, 6.45) is 32.6. The van der Waals surface area contributed by atoms with Gasteiger partial charge >= 0.3 is 0 Å². The number of hydrogen-bond acceptors (Lipinski definition) is 5. The molecule has 0 bridgehead atoms. The van der Waals surface area contributed by atoms with Crippen molar-refractivity contribution in [3.05, 3.63) is 72.9 Å². The summed E-state index contributed by atoms with van der Waals surface area (Å²) < 4.78 is -0.0904. The Hall–Kier alpha value is -1.96. The first-order valence-electron chi connectivity index (χ1n) is 12.8. The van der Waals surface area contributed by atoms with Crippen LogP contribution < -0.4 is 16.8 Å². The molecule has 0 heterocycles. The van der Waals surface area contributed by atoms with Crippen molar-refractivity contribution in [2.45, 2.75) is 82.9 Å². The number of carbonyl (C=O) groups is 2. The maximum absolute atomic E-state index is 12.1. The Morgan fingerprint density at radius 1 is 0.806 bits per heavy atom. The number of carbonyl (C=O) groups excluding carboxylic acids is 2. The quantitative estimate of drug-likeness (QED) is 0.115. The van der Waals surface area contributed by atoms with Crippen LogP contribution in [0.25, 0.3) is 0 Å². The van der Waals surface area contributed by atoms with Gasteiger partial charge in [-0.25, -0.2) is 0 Å². The Morgan fingerprint density at radius 2 is 1.25 bits per heavy atom. The van der Waals surface area contributed by atoms with Crippen molar-refractivity contribution in [3.63, 3.8) is 0 Å². The predicted octanol–water partition coefficient (Wildman–Crippen LogP) is 6.55. The highest BCUT2D eigenvalue weighted by Crippen LogP contribution is 2.35. The van der Waals surface area contributed by atoms with E-state index in [2.05, 4.69) is 79.1 Å². The third-order valence-corrected chi connectivity index (χ3v) is 8.14. The maximum Gasteiger partial charge on any atom is 0.240 e. The molecule has 1 unspecified atom stereocenters. The number of nitrogens with two attached hydrogens (primary N) is 2. The zero-order valence-electron chi connectivity index (χ0n) is 22.4. The van der Waals surface area contributed by atoms with Gasteiger partial charge in [-0.1, -0.05) is 101 Å². The zero-order chi connectivity index (χ0) is 26.9. The van der Waals surface area contributed by atoms with Crippen LogP contribution in [0.1, 0.15) is 72.1 Å². The van der Waals surface area contributed by atoms with Crippen molar-refractivity contribution in [2.75, 3.05) is 12.3 Å². The largest absolute Gasteiger partial charge is 0.368 e. The fourth-order valence-electron chi connectivity index (χ4n) is 2.61. The van der Waals surface area contributed by atoms with Crippen molar-refractivity contribution in [2.24, 2.45) is 11.5 Å². The molecule has 0 saturated heterocycles. The second kappa shape index (κ2) is 23.4. The molecule has 1 atom stereocenters. The van der Waals surface area contributed by atoms with Crippen LogP contribution in [0.4, 0.5) is 0 Å². The van der Waals surface area contributed by atoms with Crippen molar-refractivity contribution < 1.29 is 9.59 Å². The Bertz CT molecular complexity index is 768. The fourth-order valence-corrected chi connectivity index (χ4v) is 5.22. The van der Waals surface area contributed by atoms with Gasteiger partial charge in [0, 0.05) is 23.5 Å². The summed E-state index contributed by atoms with van der Waals surface area (Å²) >= 11 is 0. The van der Waals surface area contributed by atoms with Crippen LogP contribution in [0.3, 0.4) is 0 Å².